The van der Waals surface area contributed by atoms with Crippen molar-refractivity contribution >= 4 is 21.8 Å². The Balaban J connectivity index is 1.92. The third-order valence-electron chi connectivity index (χ3n) is 5.64. The molecule has 0 aliphatic rings. The number of benzene rings is 2. The Bertz CT molecular complexity index is 1680. The van der Waals surface area contributed by atoms with Gasteiger partial charge in [-0.05, 0) is 18.2 Å². The summed E-state index contributed by atoms with van der Waals surface area (Å²) in [6.45, 7) is 0. The largest absolute Gasteiger partial charge is 0.506 e. The number of aromatic hydroxyl groups is 1. The Labute approximate surface area is 174 Å². The van der Waals surface area contributed by atoms with Gasteiger partial charge in [-0.1, -0.05) is 30.3 Å². The van der Waals surface area contributed by atoms with Crippen molar-refractivity contribution in [3.05, 3.63) is 91.7 Å². The van der Waals surface area contributed by atoms with E-state index < -0.39 is 11.1 Å². The molecule has 0 saturated carbocycles. The number of pyridine rings is 2. The Kier molecular flexibility index (Phi) is 3.97. The Morgan fingerprint density at radius 1 is 0.806 bits per heavy atom. The van der Waals surface area contributed by atoms with Gasteiger partial charge in [-0.2, -0.15) is 0 Å². The number of nitrogens with zero attached hydrogens (tertiary/aromatic N) is 3. The number of aromatic amines is 1. The first-order valence-electron chi connectivity index (χ1n) is 9.61. The minimum Gasteiger partial charge on any atom is -0.506 e. The van der Waals surface area contributed by atoms with Crippen molar-refractivity contribution in [3.8, 4) is 22.7 Å². The second-order valence-electron chi connectivity index (χ2n) is 7.39. The van der Waals surface area contributed by atoms with E-state index in [0.29, 0.717) is 27.5 Å². The molecule has 2 aromatic carbocycles. The predicted molar refractivity (Wildman–Crippen MR) is 119 cm³/mol. The molecule has 5 aromatic rings. The van der Waals surface area contributed by atoms with Gasteiger partial charge in [0.1, 0.15) is 11.3 Å². The van der Waals surface area contributed by atoms with E-state index in [1.807, 2.05) is 18.2 Å². The summed E-state index contributed by atoms with van der Waals surface area (Å²) in [5.41, 5.74) is 0.594. The van der Waals surface area contributed by atoms with Crippen molar-refractivity contribution in [2.45, 2.75) is 0 Å². The molecule has 0 aliphatic heterocycles. The van der Waals surface area contributed by atoms with Crippen LogP contribution in [0.2, 0.25) is 0 Å². The van der Waals surface area contributed by atoms with Crippen LogP contribution in [0.5, 0.6) is 5.75 Å². The van der Waals surface area contributed by atoms with Crippen LogP contribution in [0.25, 0.3) is 38.8 Å². The van der Waals surface area contributed by atoms with Gasteiger partial charge < -0.3 is 14.2 Å². The fourth-order valence-corrected chi connectivity index (χ4v) is 4.05. The normalized spacial score (nSPS) is 11.4. The van der Waals surface area contributed by atoms with Crippen molar-refractivity contribution in [2.75, 3.05) is 0 Å². The zero-order chi connectivity index (χ0) is 21.9. The van der Waals surface area contributed by atoms with Crippen LogP contribution in [0, 0.1) is 0 Å². The highest BCUT2D eigenvalue weighted by atomic mass is 16.3. The monoisotopic (exact) mass is 414 g/mol. The van der Waals surface area contributed by atoms with E-state index in [1.54, 1.807) is 44.4 Å². The van der Waals surface area contributed by atoms with Gasteiger partial charge in [0.15, 0.2) is 0 Å². The van der Waals surface area contributed by atoms with Crippen molar-refractivity contribution in [1.82, 2.24) is 18.9 Å². The lowest BCUT2D eigenvalue weighted by Gasteiger charge is -2.15. The summed E-state index contributed by atoms with van der Waals surface area (Å²) < 4.78 is 4.32. The van der Waals surface area contributed by atoms with Gasteiger partial charge in [0, 0.05) is 37.0 Å². The average Bonchev–Trinajstić information content (AvgIpc) is 3.15. The standard InChI is InChI=1S/C23H18N4O4/c1-25-15-9-5-3-7-13(15)17(12-20(25)29)27-18(11-19(28)24-27)21-22(30)14-8-4-6-10-16(14)26(2)23(21)31/h3-12,30H,1-2H3,(H,24,28). The van der Waals surface area contributed by atoms with Gasteiger partial charge in [-0.25, -0.2) is 0 Å². The molecule has 0 aliphatic carbocycles. The predicted octanol–water partition coefficient (Wildman–Crippen LogP) is 2.24. The van der Waals surface area contributed by atoms with E-state index in [2.05, 4.69) is 5.10 Å². The van der Waals surface area contributed by atoms with Crippen molar-refractivity contribution in [2.24, 2.45) is 14.1 Å². The molecule has 0 radical (unpaired) electrons. The highest BCUT2D eigenvalue weighted by Gasteiger charge is 2.22. The molecule has 0 atom stereocenters. The fraction of sp³-hybridized carbons (Fsp3) is 0.0870. The number of nitrogens with one attached hydrogen (secondary N) is 1. The number of fused-ring (bicyclic) bond motifs is 2. The zero-order valence-electron chi connectivity index (χ0n) is 16.8. The highest BCUT2D eigenvalue weighted by molar-refractivity contribution is 5.93. The van der Waals surface area contributed by atoms with Gasteiger partial charge in [-0.3, -0.25) is 24.2 Å². The van der Waals surface area contributed by atoms with E-state index in [4.69, 9.17) is 0 Å². The number of hydrogen-bond donors (Lipinski definition) is 2. The topological polar surface area (TPSA) is 102 Å². The Morgan fingerprint density at radius 2 is 1.42 bits per heavy atom. The molecule has 154 valence electrons. The molecule has 8 heteroatoms. The summed E-state index contributed by atoms with van der Waals surface area (Å²) in [7, 11) is 3.27. The van der Waals surface area contributed by atoms with Crippen LogP contribution in [0.1, 0.15) is 0 Å². The summed E-state index contributed by atoms with van der Waals surface area (Å²) in [5.74, 6) is -0.223. The number of aryl methyl sites for hydroxylation is 2. The molecule has 2 N–H and O–H groups in total. The summed E-state index contributed by atoms with van der Waals surface area (Å²) in [6.07, 6.45) is 0. The molecule has 0 saturated heterocycles. The first-order valence-corrected chi connectivity index (χ1v) is 9.61. The van der Waals surface area contributed by atoms with Gasteiger partial charge in [-0.15, -0.1) is 0 Å². The van der Waals surface area contributed by atoms with Crippen LogP contribution in [0.3, 0.4) is 0 Å². The molecule has 8 nitrogen and oxygen atoms in total. The molecular formula is C23H18N4O4. The van der Waals surface area contributed by atoms with Crippen LogP contribution in [-0.2, 0) is 14.1 Å². The molecule has 0 spiro atoms. The van der Waals surface area contributed by atoms with Crippen molar-refractivity contribution in [1.29, 1.82) is 0 Å². The SMILES string of the molecule is Cn1c(=O)cc(-n2[nH]c(=O)cc2-c2c(O)c3ccccc3n(C)c2=O)c2ccccc21. The summed E-state index contributed by atoms with van der Waals surface area (Å²) in [4.78, 5) is 38.1. The van der Waals surface area contributed by atoms with Gasteiger partial charge in [0.2, 0.25) is 0 Å². The smallest absolute Gasteiger partial charge is 0.265 e. The lowest BCUT2D eigenvalue weighted by atomic mass is 10.1. The number of aromatic nitrogens is 4. The highest BCUT2D eigenvalue weighted by Crippen LogP contribution is 2.33. The molecule has 0 bridgehead atoms. The fourth-order valence-electron chi connectivity index (χ4n) is 4.05. The molecule has 0 unspecified atom stereocenters. The lowest BCUT2D eigenvalue weighted by molar-refractivity contribution is 0.481. The molecular weight excluding hydrogens is 396 g/mol. The third-order valence-corrected chi connectivity index (χ3v) is 5.64. The number of H-pyrrole nitrogens is 1. The Morgan fingerprint density at radius 3 is 2.13 bits per heavy atom. The van der Waals surface area contributed by atoms with Gasteiger partial charge in [0.05, 0.1) is 22.4 Å². The second-order valence-corrected chi connectivity index (χ2v) is 7.39. The molecule has 0 amide bonds. The molecule has 5 rings (SSSR count). The first-order chi connectivity index (χ1) is 14.9. The average molecular weight is 414 g/mol. The second kappa shape index (κ2) is 6.60. The van der Waals surface area contributed by atoms with Crippen LogP contribution in [0.4, 0.5) is 0 Å². The summed E-state index contributed by atoms with van der Waals surface area (Å²) in [6, 6.07) is 16.9. The van der Waals surface area contributed by atoms with Crippen LogP contribution >= 0.6 is 0 Å². The molecule has 3 aromatic heterocycles. The Hall–Kier alpha value is -4.33. The van der Waals surface area contributed by atoms with E-state index in [-0.39, 0.29) is 22.6 Å². The minimum atomic E-state index is -0.464. The van der Waals surface area contributed by atoms with E-state index in [0.717, 1.165) is 0 Å². The quantitative estimate of drug-likeness (QED) is 0.462. The van der Waals surface area contributed by atoms with Crippen LogP contribution in [-0.4, -0.2) is 24.0 Å². The molecule has 31 heavy (non-hydrogen) atoms. The van der Waals surface area contributed by atoms with Crippen molar-refractivity contribution < 1.29 is 5.11 Å². The van der Waals surface area contributed by atoms with Crippen LogP contribution in [0.15, 0.2) is 75.0 Å². The van der Waals surface area contributed by atoms with E-state index in [1.165, 1.54) is 25.9 Å². The van der Waals surface area contributed by atoms with Gasteiger partial charge >= 0.3 is 0 Å². The maximum absolute atomic E-state index is 13.2. The van der Waals surface area contributed by atoms with E-state index in [9.17, 15) is 19.5 Å². The number of rotatable bonds is 2. The lowest BCUT2D eigenvalue weighted by Crippen LogP contribution is -2.21. The number of hydrogen-bond acceptors (Lipinski definition) is 4. The minimum absolute atomic E-state index is 0.0238. The first kappa shape index (κ1) is 18.7. The van der Waals surface area contributed by atoms with Crippen molar-refractivity contribution in [3.63, 3.8) is 0 Å². The van der Waals surface area contributed by atoms with E-state index >= 15 is 0 Å². The molecule has 0 fully saturated rings. The van der Waals surface area contributed by atoms with Gasteiger partial charge in [0.25, 0.3) is 16.7 Å². The van der Waals surface area contributed by atoms with Crippen LogP contribution < -0.4 is 16.7 Å². The maximum atomic E-state index is 13.2. The number of para-hydroxylation sites is 2. The third kappa shape index (κ3) is 2.65. The summed E-state index contributed by atoms with van der Waals surface area (Å²) >= 11 is 0. The maximum Gasteiger partial charge on any atom is 0.265 e. The zero-order valence-corrected chi connectivity index (χ0v) is 16.8. The molecule has 3 heterocycles. The summed E-state index contributed by atoms with van der Waals surface area (Å²) in [5, 5.41) is 14.9.